The number of carbonyl (C=O) groups excluding carboxylic acids is 1. The van der Waals surface area contributed by atoms with Crippen molar-refractivity contribution >= 4 is 69.8 Å². The van der Waals surface area contributed by atoms with Crippen LogP contribution in [0.5, 0.6) is 5.75 Å². The number of hydrogen-bond donors (Lipinski definition) is 2. The highest BCUT2D eigenvalue weighted by Gasteiger charge is 2.22. The number of azo groups is 1. The SMILES string of the molecule is CC(=O)Nc1ccc(S(=O)(=O)Cl)c2c(N=Nc3cccc(S(=O)(=O)N=CN(C)C)c3)ccc(O)c12. The van der Waals surface area contributed by atoms with E-state index < -0.39 is 25.0 Å². The first-order chi connectivity index (χ1) is 16.3. The summed E-state index contributed by atoms with van der Waals surface area (Å²) in [5, 5.41) is 21.0. The molecule has 0 spiro atoms. The second-order valence-corrected chi connectivity index (χ2v) is 11.6. The quantitative estimate of drug-likeness (QED) is 0.198. The highest BCUT2D eigenvalue weighted by atomic mass is 35.7. The maximum atomic E-state index is 12.4. The average Bonchev–Trinajstić information content (AvgIpc) is 2.76. The third kappa shape index (κ3) is 6.12. The van der Waals surface area contributed by atoms with Crippen molar-refractivity contribution in [2.24, 2.45) is 14.6 Å². The second kappa shape index (κ2) is 9.98. The normalized spacial score (nSPS) is 12.5. The van der Waals surface area contributed by atoms with Gasteiger partial charge in [0.2, 0.25) is 5.91 Å². The van der Waals surface area contributed by atoms with Gasteiger partial charge in [-0.25, -0.2) is 8.42 Å². The highest BCUT2D eigenvalue weighted by molar-refractivity contribution is 8.14. The molecule has 0 aliphatic carbocycles. The van der Waals surface area contributed by atoms with E-state index in [0.717, 1.165) is 6.34 Å². The fraction of sp³-hybridized carbons (Fsp3) is 0.143. The molecule has 3 aromatic rings. The summed E-state index contributed by atoms with van der Waals surface area (Å²) in [6.45, 7) is 1.25. The number of carbonyl (C=O) groups is 1. The van der Waals surface area contributed by atoms with Gasteiger partial charge in [-0.1, -0.05) is 6.07 Å². The number of sulfonamides is 1. The lowest BCUT2D eigenvalue weighted by Crippen LogP contribution is -2.10. The molecule has 0 aliphatic rings. The summed E-state index contributed by atoms with van der Waals surface area (Å²) in [7, 11) is 0.577. The van der Waals surface area contributed by atoms with Crippen LogP contribution in [-0.2, 0) is 23.9 Å². The van der Waals surface area contributed by atoms with Crippen molar-refractivity contribution in [2.75, 3.05) is 19.4 Å². The van der Waals surface area contributed by atoms with Crippen LogP contribution in [0.25, 0.3) is 10.8 Å². The fourth-order valence-corrected chi connectivity index (χ4v) is 5.07. The second-order valence-electron chi connectivity index (χ2n) is 7.44. The summed E-state index contributed by atoms with van der Waals surface area (Å²) in [6, 6.07) is 10.6. The molecule has 3 aromatic carbocycles. The summed E-state index contributed by atoms with van der Waals surface area (Å²) >= 11 is 0. The molecule has 14 heteroatoms. The number of phenols is 1. The number of nitrogens with one attached hydrogen (secondary N) is 1. The van der Waals surface area contributed by atoms with Crippen LogP contribution in [0.2, 0.25) is 0 Å². The lowest BCUT2D eigenvalue weighted by molar-refractivity contribution is -0.114. The Morgan fingerprint density at radius 1 is 1.03 bits per heavy atom. The van der Waals surface area contributed by atoms with Crippen molar-refractivity contribution in [1.29, 1.82) is 0 Å². The van der Waals surface area contributed by atoms with Gasteiger partial charge >= 0.3 is 0 Å². The molecular weight excluding hydrogens is 518 g/mol. The minimum Gasteiger partial charge on any atom is -0.507 e. The maximum Gasteiger partial charge on any atom is 0.283 e. The van der Waals surface area contributed by atoms with Gasteiger partial charge in [0.05, 0.1) is 32.2 Å². The van der Waals surface area contributed by atoms with E-state index >= 15 is 0 Å². The van der Waals surface area contributed by atoms with Crippen molar-refractivity contribution in [3.8, 4) is 5.75 Å². The van der Waals surface area contributed by atoms with E-state index in [9.17, 15) is 26.7 Å². The van der Waals surface area contributed by atoms with Crippen LogP contribution in [0.3, 0.4) is 0 Å². The van der Waals surface area contributed by atoms with Gasteiger partial charge < -0.3 is 15.3 Å². The third-order valence-electron chi connectivity index (χ3n) is 4.46. The van der Waals surface area contributed by atoms with E-state index in [-0.39, 0.29) is 43.4 Å². The van der Waals surface area contributed by atoms with Crippen molar-refractivity contribution < 1.29 is 26.7 Å². The fourth-order valence-electron chi connectivity index (χ4n) is 3.04. The number of rotatable bonds is 7. The number of hydrogen-bond acceptors (Lipinski definition) is 8. The predicted octanol–water partition coefficient (Wildman–Crippen LogP) is 4.13. The maximum absolute atomic E-state index is 12.4. The highest BCUT2D eigenvalue weighted by Crippen LogP contribution is 2.42. The average molecular weight is 538 g/mol. The van der Waals surface area contributed by atoms with Crippen molar-refractivity contribution in [3.05, 3.63) is 48.5 Å². The minimum atomic E-state index is -4.29. The summed E-state index contributed by atoms with van der Waals surface area (Å²) in [4.78, 5) is 12.6. The number of anilines is 1. The summed E-state index contributed by atoms with van der Waals surface area (Å²) in [5.74, 6) is -0.772. The van der Waals surface area contributed by atoms with Gasteiger partial charge in [-0.15, -0.1) is 9.51 Å². The molecule has 0 bridgehead atoms. The molecule has 0 atom stereocenters. The summed E-state index contributed by atoms with van der Waals surface area (Å²) in [6.07, 6.45) is 1.15. The Morgan fingerprint density at radius 3 is 2.37 bits per heavy atom. The standard InChI is InChI=1S/C21H20ClN5O6S2/c1-13(28)24-16-8-10-19(34(22,30)31)21-17(7-9-18(29)20(16)21)26-25-14-5-4-6-15(11-14)35(32,33)23-12-27(2)3/h4-12,29H,1-3H3,(H,24,28). The molecule has 0 aromatic heterocycles. The molecule has 0 saturated carbocycles. The van der Waals surface area contributed by atoms with Crippen LogP contribution < -0.4 is 5.32 Å². The van der Waals surface area contributed by atoms with Crippen LogP contribution in [0.4, 0.5) is 17.1 Å². The van der Waals surface area contributed by atoms with Gasteiger partial charge in [-0.05, 0) is 42.5 Å². The van der Waals surface area contributed by atoms with Crippen LogP contribution in [0.1, 0.15) is 6.92 Å². The van der Waals surface area contributed by atoms with Gasteiger partial charge in [-0.3, -0.25) is 4.79 Å². The third-order valence-corrected chi connectivity index (χ3v) is 7.04. The predicted molar refractivity (Wildman–Crippen MR) is 133 cm³/mol. The lowest BCUT2D eigenvalue weighted by Gasteiger charge is -2.13. The molecule has 0 heterocycles. The molecule has 0 aliphatic heterocycles. The monoisotopic (exact) mass is 537 g/mol. The van der Waals surface area contributed by atoms with Crippen molar-refractivity contribution in [1.82, 2.24) is 4.90 Å². The number of fused-ring (bicyclic) bond motifs is 1. The molecule has 1 amide bonds. The first-order valence-corrected chi connectivity index (χ1v) is 13.5. The number of halogens is 1. The zero-order chi connectivity index (χ0) is 26.0. The molecule has 35 heavy (non-hydrogen) atoms. The van der Waals surface area contributed by atoms with E-state index in [4.69, 9.17) is 10.7 Å². The Hall–Kier alpha value is -3.55. The number of aromatic hydroxyl groups is 1. The van der Waals surface area contributed by atoms with Crippen molar-refractivity contribution in [2.45, 2.75) is 16.7 Å². The molecule has 0 fully saturated rings. The number of amides is 1. The summed E-state index contributed by atoms with van der Waals surface area (Å²) in [5.41, 5.74) is 0.279. The zero-order valence-corrected chi connectivity index (χ0v) is 21.1. The molecule has 0 saturated heterocycles. The lowest BCUT2D eigenvalue weighted by atomic mass is 10.1. The zero-order valence-electron chi connectivity index (χ0n) is 18.7. The molecule has 184 valence electrons. The number of nitrogens with zero attached hydrogens (tertiary/aromatic N) is 4. The first-order valence-electron chi connectivity index (χ1n) is 9.79. The van der Waals surface area contributed by atoms with Crippen LogP contribution in [0, 0.1) is 0 Å². The van der Waals surface area contributed by atoms with Gasteiger partial charge in [0.25, 0.3) is 19.1 Å². The van der Waals surface area contributed by atoms with Crippen LogP contribution in [-0.4, -0.2) is 53.2 Å². The Morgan fingerprint density at radius 2 is 1.74 bits per heavy atom. The molecule has 0 radical (unpaired) electrons. The first kappa shape index (κ1) is 26.1. The summed E-state index contributed by atoms with van der Waals surface area (Å²) < 4.78 is 52.8. The number of phenolic OH excluding ortho intramolecular Hbond substituents is 1. The minimum absolute atomic E-state index is 0.00289. The topological polar surface area (TPSA) is 158 Å². The van der Waals surface area contributed by atoms with Crippen LogP contribution in [0.15, 0.2) is 72.9 Å². The largest absolute Gasteiger partial charge is 0.507 e. The molecular formula is C21H20ClN5O6S2. The van der Waals surface area contributed by atoms with Gasteiger partial charge in [0.15, 0.2) is 0 Å². The van der Waals surface area contributed by atoms with E-state index in [1.807, 2.05) is 0 Å². The van der Waals surface area contributed by atoms with Gasteiger partial charge in [-0.2, -0.15) is 13.5 Å². The number of benzene rings is 3. The van der Waals surface area contributed by atoms with Gasteiger partial charge in [0.1, 0.15) is 12.1 Å². The van der Waals surface area contributed by atoms with E-state index in [2.05, 4.69) is 19.9 Å². The molecule has 0 unspecified atom stereocenters. The van der Waals surface area contributed by atoms with Gasteiger partial charge in [0, 0.05) is 37.1 Å². The van der Waals surface area contributed by atoms with E-state index in [1.54, 1.807) is 14.1 Å². The van der Waals surface area contributed by atoms with Crippen molar-refractivity contribution in [3.63, 3.8) is 0 Å². The Labute approximate surface area is 206 Å². The Bertz CT molecular complexity index is 1590. The smallest absolute Gasteiger partial charge is 0.283 e. The Balaban J connectivity index is 2.18. The molecule has 2 N–H and O–H groups in total. The van der Waals surface area contributed by atoms with Crippen LogP contribution >= 0.6 is 10.7 Å². The Kier molecular flexibility index (Phi) is 7.43. The van der Waals surface area contributed by atoms with E-state index in [0.29, 0.717) is 0 Å². The van der Waals surface area contributed by atoms with E-state index in [1.165, 1.54) is 60.4 Å². The molecule has 3 rings (SSSR count). The molecule has 11 nitrogen and oxygen atoms in total.